The minimum absolute atomic E-state index is 0.203. The third-order valence-electron chi connectivity index (χ3n) is 2.21. The van der Waals surface area contributed by atoms with E-state index in [-0.39, 0.29) is 6.23 Å². The fourth-order valence-electron chi connectivity index (χ4n) is 1.55. The lowest BCUT2D eigenvalue weighted by molar-refractivity contribution is -0.0659. The van der Waals surface area contributed by atoms with Gasteiger partial charge >= 0.3 is 6.09 Å². The summed E-state index contributed by atoms with van der Waals surface area (Å²) in [6.07, 6.45) is 2.74. The van der Waals surface area contributed by atoms with Crippen molar-refractivity contribution in [1.82, 2.24) is 4.90 Å². The Morgan fingerprint density at radius 3 is 3.00 bits per heavy atom. The molecule has 4 heteroatoms. The van der Waals surface area contributed by atoms with Crippen LogP contribution in [0.15, 0.2) is 0 Å². The molecule has 1 N–H and O–H groups in total. The Balaban J connectivity index is 2.41. The zero-order valence-electron chi connectivity index (χ0n) is 8.03. The highest BCUT2D eigenvalue weighted by molar-refractivity contribution is 5.65. The van der Waals surface area contributed by atoms with E-state index in [2.05, 4.69) is 0 Å². The molecule has 1 fully saturated rings. The third-order valence-corrected chi connectivity index (χ3v) is 2.21. The van der Waals surface area contributed by atoms with Crippen LogP contribution in [0.1, 0.15) is 32.6 Å². The minimum atomic E-state index is -0.860. The Morgan fingerprint density at radius 2 is 2.38 bits per heavy atom. The van der Waals surface area contributed by atoms with Crippen molar-refractivity contribution in [2.24, 2.45) is 0 Å². The van der Waals surface area contributed by atoms with Gasteiger partial charge in [-0.25, -0.2) is 4.79 Å². The second kappa shape index (κ2) is 5.07. The summed E-state index contributed by atoms with van der Waals surface area (Å²) in [5, 5.41) is 8.85. The van der Waals surface area contributed by atoms with E-state index in [1.165, 1.54) is 4.90 Å². The first-order valence-electron chi connectivity index (χ1n) is 4.87. The molecule has 1 amide bonds. The average molecular weight is 187 g/mol. The number of piperidine rings is 1. The van der Waals surface area contributed by atoms with Crippen LogP contribution < -0.4 is 0 Å². The molecule has 1 atom stereocenters. The molecule has 1 heterocycles. The quantitative estimate of drug-likeness (QED) is 0.734. The number of hydrogen-bond acceptors (Lipinski definition) is 2. The van der Waals surface area contributed by atoms with Crippen molar-refractivity contribution < 1.29 is 14.6 Å². The van der Waals surface area contributed by atoms with Gasteiger partial charge in [0.25, 0.3) is 0 Å². The van der Waals surface area contributed by atoms with Crippen molar-refractivity contribution in [2.45, 2.75) is 38.8 Å². The van der Waals surface area contributed by atoms with Crippen molar-refractivity contribution in [2.75, 3.05) is 13.2 Å². The highest BCUT2D eigenvalue weighted by atomic mass is 16.5. The molecular formula is C9H17NO3. The molecular weight excluding hydrogens is 170 g/mol. The highest BCUT2D eigenvalue weighted by Crippen LogP contribution is 2.17. The molecule has 1 aliphatic rings. The number of amides is 1. The van der Waals surface area contributed by atoms with Gasteiger partial charge in [-0.2, -0.15) is 0 Å². The lowest BCUT2D eigenvalue weighted by atomic mass is 10.1. The van der Waals surface area contributed by atoms with Crippen LogP contribution in [0.5, 0.6) is 0 Å². The number of rotatable bonds is 3. The van der Waals surface area contributed by atoms with Gasteiger partial charge < -0.3 is 9.84 Å². The molecule has 0 radical (unpaired) electrons. The molecule has 1 unspecified atom stereocenters. The van der Waals surface area contributed by atoms with Crippen LogP contribution in [-0.4, -0.2) is 35.5 Å². The predicted octanol–water partition coefficient (Wildman–Crippen LogP) is 1.90. The van der Waals surface area contributed by atoms with Crippen LogP contribution in [0.25, 0.3) is 0 Å². The van der Waals surface area contributed by atoms with E-state index in [0.29, 0.717) is 13.2 Å². The molecule has 0 saturated carbocycles. The zero-order chi connectivity index (χ0) is 9.68. The maximum absolute atomic E-state index is 10.8. The van der Waals surface area contributed by atoms with Gasteiger partial charge in [0.2, 0.25) is 0 Å². The van der Waals surface area contributed by atoms with E-state index in [1.54, 1.807) is 0 Å². The molecule has 0 bridgehead atoms. The molecule has 76 valence electrons. The number of nitrogens with zero attached hydrogens (tertiary/aromatic N) is 1. The molecule has 4 nitrogen and oxygen atoms in total. The summed E-state index contributed by atoms with van der Waals surface area (Å²) in [5.74, 6) is 0. The largest absolute Gasteiger partial charge is 0.465 e. The molecule has 0 aromatic rings. The Bertz CT molecular complexity index is 172. The summed E-state index contributed by atoms with van der Waals surface area (Å²) >= 11 is 0. The summed E-state index contributed by atoms with van der Waals surface area (Å²) in [5.41, 5.74) is 0. The fourth-order valence-corrected chi connectivity index (χ4v) is 1.55. The van der Waals surface area contributed by atoms with Gasteiger partial charge in [-0.15, -0.1) is 0 Å². The van der Waals surface area contributed by atoms with Crippen LogP contribution in [0.3, 0.4) is 0 Å². The summed E-state index contributed by atoms with van der Waals surface area (Å²) in [6, 6.07) is 0. The second-order valence-corrected chi connectivity index (χ2v) is 3.30. The number of likely N-dealkylation sites (tertiary alicyclic amines) is 1. The standard InChI is InChI=1S/C9H17NO3/c1-2-7-13-8-5-3-4-6-10(8)9(11)12/h8H,2-7H2,1H3,(H,11,12). The first-order valence-corrected chi connectivity index (χ1v) is 4.87. The van der Waals surface area contributed by atoms with E-state index in [4.69, 9.17) is 9.84 Å². The maximum atomic E-state index is 10.8. The molecule has 0 aromatic carbocycles. The smallest absolute Gasteiger partial charge is 0.409 e. The lowest BCUT2D eigenvalue weighted by Crippen LogP contribution is -2.44. The fraction of sp³-hybridized carbons (Fsp3) is 0.889. The molecule has 0 aromatic heterocycles. The molecule has 1 rings (SSSR count). The van der Waals surface area contributed by atoms with Crippen molar-refractivity contribution in [3.05, 3.63) is 0 Å². The summed E-state index contributed by atoms with van der Waals surface area (Å²) in [4.78, 5) is 12.2. The summed E-state index contributed by atoms with van der Waals surface area (Å²) in [6.45, 7) is 3.28. The number of carbonyl (C=O) groups is 1. The monoisotopic (exact) mass is 187 g/mol. The van der Waals surface area contributed by atoms with Crippen molar-refractivity contribution in [3.8, 4) is 0 Å². The molecule has 1 aliphatic heterocycles. The highest BCUT2D eigenvalue weighted by Gasteiger charge is 2.26. The first-order chi connectivity index (χ1) is 6.25. The van der Waals surface area contributed by atoms with E-state index >= 15 is 0 Å². The topological polar surface area (TPSA) is 49.8 Å². The molecule has 0 spiro atoms. The van der Waals surface area contributed by atoms with Gasteiger partial charge in [-0.3, -0.25) is 4.90 Å². The van der Waals surface area contributed by atoms with Gasteiger partial charge in [0.1, 0.15) is 6.23 Å². The third kappa shape index (κ3) is 2.88. The Morgan fingerprint density at radius 1 is 1.62 bits per heavy atom. The van der Waals surface area contributed by atoms with Crippen molar-refractivity contribution >= 4 is 6.09 Å². The van der Waals surface area contributed by atoms with Crippen LogP contribution in [0, 0.1) is 0 Å². The lowest BCUT2D eigenvalue weighted by Gasteiger charge is -2.33. The van der Waals surface area contributed by atoms with Gasteiger partial charge in [0.05, 0.1) is 0 Å². The van der Waals surface area contributed by atoms with Gasteiger partial charge in [0, 0.05) is 13.2 Å². The van der Waals surface area contributed by atoms with E-state index in [1.807, 2.05) is 6.92 Å². The SMILES string of the molecule is CCCOC1CCCCN1C(=O)O. The zero-order valence-corrected chi connectivity index (χ0v) is 8.03. The number of carboxylic acid groups (broad SMARTS) is 1. The van der Waals surface area contributed by atoms with Crippen LogP contribution in [-0.2, 0) is 4.74 Å². The Labute approximate surface area is 78.5 Å². The van der Waals surface area contributed by atoms with Crippen molar-refractivity contribution in [1.29, 1.82) is 0 Å². The maximum Gasteiger partial charge on any atom is 0.409 e. The van der Waals surface area contributed by atoms with E-state index in [9.17, 15) is 4.79 Å². The average Bonchev–Trinajstić information content (AvgIpc) is 2.15. The summed E-state index contributed by atoms with van der Waals surface area (Å²) in [7, 11) is 0. The second-order valence-electron chi connectivity index (χ2n) is 3.30. The van der Waals surface area contributed by atoms with Gasteiger partial charge in [-0.1, -0.05) is 6.92 Å². The normalized spacial score (nSPS) is 23.2. The molecule has 1 saturated heterocycles. The number of ether oxygens (including phenoxy) is 1. The Kier molecular flexibility index (Phi) is 4.02. The first kappa shape index (κ1) is 10.3. The van der Waals surface area contributed by atoms with Crippen LogP contribution in [0.4, 0.5) is 4.79 Å². The van der Waals surface area contributed by atoms with E-state index in [0.717, 1.165) is 25.7 Å². The summed E-state index contributed by atoms with van der Waals surface area (Å²) < 4.78 is 5.45. The number of hydrogen-bond donors (Lipinski definition) is 1. The van der Waals surface area contributed by atoms with E-state index < -0.39 is 6.09 Å². The van der Waals surface area contributed by atoms with Crippen LogP contribution in [0.2, 0.25) is 0 Å². The Hall–Kier alpha value is -0.770. The molecule has 13 heavy (non-hydrogen) atoms. The molecule has 0 aliphatic carbocycles. The minimum Gasteiger partial charge on any atom is -0.465 e. The van der Waals surface area contributed by atoms with Crippen LogP contribution >= 0.6 is 0 Å². The predicted molar refractivity (Wildman–Crippen MR) is 48.6 cm³/mol. The van der Waals surface area contributed by atoms with Gasteiger partial charge in [0.15, 0.2) is 0 Å². The van der Waals surface area contributed by atoms with Gasteiger partial charge in [-0.05, 0) is 25.7 Å². The van der Waals surface area contributed by atoms with Crippen molar-refractivity contribution in [3.63, 3.8) is 0 Å².